The number of fused-ring (bicyclic) bond motifs is 1. The zero-order valence-electron chi connectivity index (χ0n) is 14.1. The number of halogens is 1. The Morgan fingerprint density at radius 3 is 3.00 bits per heavy atom. The number of amides is 1. The average molecular weight is 396 g/mol. The molecule has 138 valence electrons. The first-order valence-electron chi connectivity index (χ1n) is 8.01. The zero-order valence-corrected chi connectivity index (χ0v) is 15.7. The van der Waals surface area contributed by atoms with Crippen molar-refractivity contribution < 1.29 is 23.8 Å². The van der Waals surface area contributed by atoms with Crippen LogP contribution in [0.5, 0.6) is 5.75 Å². The molecular weight excluding hydrogens is 378 g/mol. The van der Waals surface area contributed by atoms with Crippen molar-refractivity contribution in [2.75, 3.05) is 6.79 Å². The fourth-order valence-electron chi connectivity index (χ4n) is 2.71. The van der Waals surface area contributed by atoms with Gasteiger partial charge in [0.15, 0.2) is 6.79 Å². The van der Waals surface area contributed by atoms with E-state index in [1.807, 2.05) is 17.5 Å². The van der Waals surface area contributed by atoms with Crippen LogP contribution in [0.25, 0.3) is 0 Å². The van der Waals surface area contributed by atoms with Crippen molar-refractivity contribution in [2.45, 2.75) is 32.6 Å². The number of benzene rings is 1. The summed E-state index contributed by atoms with van der Waals surface area (Å²) in [5.41, 5.74) is 1.51. The van der Waals surface area contributed by atoms with Gasteiger partial charge in [0.25, 0.3) is 0 Å². The lowest BCUT2D eigenvalue weighted by atomic mass is 10.1. The maximum atomic E-state index is 12.3. The van der Waals surface area contributed by atoms with Crippen molar-refractivity contribution in [3.8, 4) is 5.75 Å². The third kappa shape index (κ3) is 4.75. The number of thiophene rings is 1. The van der Waals surface area contributed by atoms with E-state index in [2.05, 4.69) is 5.32 Å². The molecule has 26 heavy (non-hydrogen) atoms. The van der Waals surface area contributed by atoms with E-state index in [0.717, 1.165) is 10.4 Å². The zero-order chi connectivity index (χ0) is 18.5. The van der Waals surface area contributed by atoms with Crippen LogP contribution in [0, 0.1) is 0 Å². The summed E-state index contributed by atoms with van der Waals surface area (Å²) in [5, 5.41) is 5.20. The summed E-state index contributed by atoms with van der Waals surface area (Å²) in [7, 11) is 0. The molecule has 0 saturated heterocycles. The Kier molecular flexibility index (Phi) is 6.13. The van der Waals surface area contributed by atoms with E-state index in [4.69, 9.17) is 25.8 Å². The first-order chi connectivity index (χ1) is 12.5. The largest absolute Gasteiger partial charge is 0.467 e. The lowest BCUT2D eigenvalue weighted by Crippen LogP contribution is -2.28. The maximum Gasteiger partial charge on any atom is 0.308 e. The van der Waals surface area contributed by atoms with Gasteiger partial charge in [-0.05, 0) is 23.6 Å². The number of carbonyl (C=O) groups excluding carboxylic acids is 2. The number of ether oxygens (including phenoxy) is 3. The fraction of sp³-hybridized carbons (Fsp3) is 0.333. The van der Waals surface area contributed by atoms with Crippen LogP contribution in [0.1, 0.15) is 35.4 Å². The SMILES string of the molecule is CC(=O)N[C@H](CC(=O)OCc1cc(Cl)cc2c1OCOC2)c1cccs1. The molecule has 1 aromatic heterocycles. The molecule has 1 N–H and O–H groups in total. The normalized spacial score (nSPS) is 14.1. The van der Waals surface area contributed by atoms with Crippen molar-refractivity contribution in [2.24, 2.45) is 0 Å². The topological polar surface area (TPSA) is 73.9 Å². The molecule has 1 aliphatic heterocycles. The van der Waals surface area contributed by atoms with E-state index in [-0.39, 0.29) is 25.7 Å². The Labute approximate surface area is 160 Å². The van der Waals surface area contributed by atoms with Gasteiger partial charge in [0.1, 0.15) is 12.4 Å². The van der Waals surface area contributed by atoms with E-state index in [9.17, 15) is 9.59 Å². The van der Waals surface area contributed by atoms with Crippen LogP contribution in [0.15, 0.2) is 29.6 Å². The van der Waals surface area contributed by atoms with E-state index < -0.39 is 12.0 Å². The molecule has 0 saturated carbocycles. The minimum atomic E-state index is -0.419. The molecule has 0 bridgehead atoms. The average Bonchev–Trinajstić information content (AvgIpc) is 3.13. The monoisotopic (exact) mass is 395 g/mol. The molecule has 2 aromatic rings. The van der Waals surface area contributed by atoms with Gasteiger partial charge in [-0.1, -0.05) is 17.7 Å². The summed E-state index contributed by atoms with van der Waals surface area (Å²) in [5.74, 6) is 0.0246. The number of hydrogen-bond acceptors (Lipinski definition) is 6. The first-order valence-corrected chi connectivity index (χ1v) is 9.26. The molecule has 1 amide bonds. The van der Waals surface area contributed by atoms with E-state index in [0.29, 0.717) is 22.9 Å². The molecular formula is C18H18ClNO5S. The summed E-state index contributed by atoms with van der Waals surface area (Å²) in [4.78, 5) is 24.6. The summed E-state index contributed by atoms with van der Waals surface area (Å²) in [6.45, 7) is 2.01. The highest BCUT2D eigenvalue weighted by molar-refractivity contribution is 7.10. The summed E-state index contributed by atoms with van der Waals surface area (Å²) < 4.78 is 16.1. The van der Waals surface area contributed by atoms with Gasteiger partial charge in [0.2, 0.25) is 5.91 Å². The minimum absolute atomic E-state index is 0.0406. The summed E-state index contributed by atoms with van der Waals surface area (Å²) in [6.07, 6.45) is 0.0484. The van der Waals surface area contributed by atoms with Gasteiger partial charge in [-0.3, -0.25) is 9.59 Å². The molecule has 0 fully saturated rings. The molecule has 8 heteroatoms. The highest BCUT2D eigenvalue weighted by Gasteiger charge is 2.21. The van der Waals surface area contributed by atoms with Crippen LogP contribution in [-0.4, -0.2) is 18.7 Å². The maximum absolute atomic E-state index is 12.3. The number of hydrogen-bond donors (Lipinski definition) is 1. The third-order valence-corrected chi connectivity index (χ3v) is 4.98. The standard InChI is InChI=1S/C18H18ClNO5S/c1-11(21)20-15(16-3-2-4-26-16)7-17(22)24-9-13-6-14(19)5-12-8-23-10-25-18(12)13/h2-6,15H,7-10H2,1H3,(H,20,21)/t15-/m1/s1. The second-order valence-corrected chi connectivity index (χ2v) is 7.21. The van der Waals surface area contributed by atoms with Crippen LogP contribution in [0.2, 0.25) is 5.02 Å². The highest BCUT2D eigenvalue weighted by atomic mass is 35.5. The smallest absolute Gasteiger partial charge is 0.308 e. The van der Waals surface area contributed by atoms with E-state index >= 15 is 0 Å². The molecule has 0 aliphatic carbocycles. The highest BCUT2D eigenvalue weighted by Crippen LogP contribution is 2.32. The summed E-state index contributed by atoms with van der Waals surface area (Å²) >= 11 is 7.58. The predicted octanol–water partition coefficient (Wildman–Crippen LogP) is 3.58. The minimum Gasteiger partial charge on any atom is -0.467 e. The van der Waals surface area contributed by atoms with Crippen molar-refractivity contribution in [3.63, 3.8) is 0 Å². The lowest BCUT2D eigenvalue weighted by molar-refractivity contribution is -0.145. The van der Waals surface area contributed by atoms with Crippen molar-refractivity contribution in [3.05, 3.63) is 50.7 Å². The van der Waals surface area contributed by atoms with Gasteiger partial charge >= 0.3 is 5.97 Å². The van der Waals surface area contributed by atoms with E-state index in [1.165, 1.54) is 18.3 Å². The third-order valence-electron chi connectivity index (χ3n) is 3.78. The van der Waals surface area contributed by atoms with Gasteiger partial charge in [0, 0.05) is 28.0 Å². The molecule has 6 nitrogen and oxygen atoms in total. The van der Waals surface area contributed by atoms with Crippen molar-refractivity contribution in [1.82, 2.24) is 5.32 Å². The van der Waals surface area contributed by atoms with Gasteiger partial charge < -0.3 is 19.5 Å². The van der Waals surface area contributed by atoms with Crippen molar-refractivity contribution >= 4 is 34.8 Å². The Bertz CT molecular complexity index is 793. The Morgan fingerprint density at radius 2 is 2.27 bits per heavy atom. The van der Waals surface area contributed by atoms with Gasteiger partial charge in [-0.15, -0.1) is 11.3 Å². The quantitative estimate of drug-likeness (QED) is 0.757. The second-order valence-electron chi connectivity index (χ2n) is 5.80. The Hall–Kier alpha value is -2.09. The lowest BCUT2D eigenvalue weighted by Gasteiger charge is -2.21. The molecule has 0 unspecified atom stereocenters. The fourth-order valence-corrected chi connectivity index (χ4v) is 3.75. The molecule has 2 heterocycles. The van der Waals surface area contributed by atoms with Crippen LogP contribution in [0.3, 0.4) is 0 Å². The number of esters is 1. The summed E-state index contributed by atoms with van der Waals surface area (Å²) in [6, 6.07) is 6.82. The molecule has 1 aliphatic rings. The number of carbonyl (C=O) groups is 2. The Balaban J connectivity index is 1.65. The molecule has 0 radical (unpaired) electrons. The van der Waals surface area contributed by atoms with Crippen LogP contribution < -0.4 is 10.1 Å². The first kappa shape index (κ1) is 18.7. The Morgan fingerprint density at radius 1 is 1.42 bits per heavy atom. The predicted molar refractivity (Wildman–Crippen MR) is 97.0 cm³/mol. The van der Waals surface area contributed by atoms with Crippen molar-refractivity contribution in [1.29, 1.82) is 0 Å². The number of nitrogens with one attached hydrogen (secondary N) is 1. The number of rotatable bonds is 6. The molecule has 1 aromatic carbocycles. The van der Waals surface area contributed by atoms with Crippen LogP contribution in [0.4, 0.5) is 0 Å². The van der Waals surface area contributed by atoms with Crippen LogP contribution in [-0.2, 0) is 32.3 Å². The molecule has 3 rings (SSSR count). The van der Waals surface area contributed by atoms with Gasteiger partial charge in [-0.25, -0.2) is 0 Å². The molecule has 0 spiro atoms. The van der Waals surface area contributed by atoms with Gasteiger partial charge in [-0.2, -0.15) is 0 Å². The van der Waals surface area contributed by atoms with Gasteiger partial charge in [0.05, 0.1) is 19.1 Å². The molecule has 1 atom stereocenters. The van der Waals surface area contributed by atoms with E-state index in [1.54, 1.807) is 12.1 Å². The van der Waals surface area contributed by atoms with Crippen LogP contribution >= 0.6 is 22.9 Å². The second kappa shape index (κ2) is 8.53.